The minimum atomic E-state index is -2.80. The summed E-state index contributed by atoms with van der Waals surface area (Å²) in [4.78, 5) is 0. The zero-order valence-electron chi connectivity index (χ0n) is 9.74. The Labute approximate surface area is 89.1 Å². The highest BCUT2D eigenvalue weighted by atomic mass is 19.3. The number of aryl methyl sites for hydroxylation is 1. The van der Waals surface area contributed by atoms with Crippen LogP contribution in [0.1, 0.15) is 29.2 Å². The van der Waals surface area contributed by atoms with Crippen LogP contribution in [0.3, 0.4) is 0 Å². The summed E-state index contributed by atoms with van der Waals surface area (Å²) < 4.78 is 31.7. The van der Waals surface area contributed by atoms with E-state index >= 15 is 0 Å². The summed E-state index contributed by atoms with van der Waals surface area (Å²) in [7, 11) is 1.55. The zero-order chi connectivity index (χ0) is 11.8. The van der Waals surface area contributed by atoms with E-state index in [-0.39, 0.29) is 5.56 Å². The molecule has 0 bridgehead atoms. The molecular weight excluding hydrogens is 198 g/mol. The molecule has 1 nitrogen and oxygen atoms in total. The van der Waals surface area contributed by atoms with Crippen molar-refractivity contribution in [1.29, 1.82) is 0 Å². The van der Waals surface area contributed by atoms with Gasteiger partial charge in [0.15, 0.2) is 0 Å². The fourth-order valence-corrected chi connectivity index (χ4v) is 1.83. The van der Waals surface area contributed by atoms with Crippen LogP contribution in [0.4, 0.5) is 8.78 Å². The lowest BCUT2D eigenvalue weighted by molar-refractivity contribution is 0.0166. The molecule has 0 saturated carbocycles. The van der Waals surface area contributed by atoms with Crippen molar-refractivity contribution in [3.8, 4) is 5.75 Å². The van der Waals surface area contributed by atoms with Crippen molar-refractivity contribution in [3.05, 3.63) is 28.3 Å². The van der Waals surface area contributed by atoms with Crippen molar-refractivity contribution in [2.75, 3.05) is 7.11 Å². The minimum absolute atomic E-state index is 0.0818. The second-order valence-corrected chi connectivity index (χ2v) is 3.91. The van der Waals surface area contributed by atoms with Crippen LogP contribution in [0.25, 0.3) is 0 Å². The maximum absolute atomic E-state index is 13.3. The van der Waals surface area contributed by atoms with Gasteiger partial charge in [-0.2, -0.15) is 0 Å². The lowest BCUT2D eigenvalue weighted by Gasteiger charge is -2.19. The molecule has 3 heteroatoms. The van der Waals surface area contributed by atoms with Gasteiger partial charge in [0, 0.05) is 12.5 Å². The van der Waals surface area contributed by atoms with Crippen molar-refractivity contribution in [2.24, 2.45) is 0 Å². The summed E-state index contributed by atoms with van der Waals surface area (Å²) in [6.45, 7) is 6.20. The number of alkyl halides is 2. The second kappa shape index (κ2) is 3.80. The predicted octanol–water partition coefficient (Wildman–Crippen LogP) is 3.73. The number of halogens is 2. The Kier molecular flexibility index (Phi) is 3.03. The largest absolute Gasteiger partial charge is 0.496 e. The third-order valence-electron chi connectivity index (χ3n) is 2.70. The maximum Gasteiger partial charge on any atom is 0.270 e. The molecule has 0 radical (unpaired) electrons. The van der Waals surface area contributed by atoms with Crippen LogP contribution in [-0.4, -0.2) is 7.11 Å². The maximum atomic E-state index is 13.3. The highest BCUT2D eigenvalue weighted by molar-refractivity contribution is 5.50. The Balaban J connectivity index is 3.48. The molecule has 0 atom stereocenters. The van der Waals surface area contributed by atoms with Crippen LogP contribution >= 0.6 is 0 Å². The molecule has 0 heterocycles. The summed E-state index contributed by atoms with van der Waals surface area (Å²) in [6, 6.07) is 1.50. The lowest BCUT2D eigenvalue weighted by atomic mass is 9.95. The van der Waals surface area contributed by atoms with Gasteiger partial charge in [-0.05, 0) is 43.5 Å². The normalized spacial score (nSPS) is 11.7. The van der Waals surface area contributed by atoms with Crippen molar-refractivity contribution < 1.29 is 13.5 Å². The smallest absolute Gasteiger partial charge is 0.270 e. The van der Waals surface area contributed by atoms with E-state index in [9.17, 15) is 8.78 Å². The van der Waals surface area contributed by atoms with E-state index in [2.05, 4.69) is 0 Å². The average molecular weight is 214 g/mol. The zero-order valence-corrected chi connectivity index (χ0v) is 9.74. The molecule has 1 rings (SSSR count). The Bertz CT molecular complexity index is 378. The Morgan fingerprint density at radius 2 is 1.67 bits per heavy atom. The summed E-state index contributed by atoms with van der Waals surface area (Å²) in [5, 5.41) is 0. The summed E-state index contributed by atoms with van der Waals surface area (Å²) >= 11 is 0. The number of benzene rings is 1. The predicted molar refractivity (Wildman–Crippen MR) is 56.8 cm³/mol. The van der Waals surface area contributed by atoms with Gasteiger partial charge >= 0.3 is 0 Å². The van der Waals surface area contributed by atoms with E-state index in [4.69, 9.17) is 4.74 Å². The fourth-order valence-electron chi connectivity index (χ4n) is 1.83. The molecule has 0 aliphatic rings. The number of hydrogen-bond donors (Lipinski definition) is 0. The van der Waals surface area contributed by atoms with Gasteiger partial charge in [-0.1, -0.05) is 0 Å². The molecule has 0 aromatic heterocycles. The molecular formula is C12H16F2O. The van der Waals surface area contributed by atoms with Crippen LogP contribution in [-0.2, 0) is 5.92 Å². The van der Waals surface area contributed by atoms with Crippen molar-refractivity contribution in [3.63, 3.8) is 0 Å². The monoisotopic (exact) mass is 214 g/mol. The van der Waals surface area contributed by atoms with Crippen LogP contribution < -0.4 is 4.74 Å². The highest BCUT2D eigenvalue weighted by Gasteiger charge is 2.28. The number of hydrogen-bond acceptors (Lipinski definition) is 1. The van der Waals surface area contributed by atoms with Crippen molar-refractivity contribution in [2.45, 2.75) is 33.6 Å². The first-order valence-electron chi connectivity index (χ1n) is 4.82. The Morgan fingerprint density at radius 1 is 1.13 bits per heavy atom. The summed E-state index contributed by atoms with van der Waals surface area (Å²) in [6.07, 6.45) is 0. The van der Waals surface area contributed by atoms with E-state index < -0.39 is 5.92 Å². The molecule has 15 heavy (non-hydrogen) atoms. The van der Waals surface area contributed by atoms with E-state index in [1.807, 2.05) is 0 Å². The number of methoxy groups -OCH3 is 1. The van der Waals surface area contributed by atoms with Crippen molar-refractivity contribution in [1.82, 2.24) is 0 Å². The standard InChI is InChI=1S/C12H16F2O/c1-7-6-10(12(4,13)14)8(2)9(3)11(7)15-5/h6H,1-5H3. The number of ether oxygens (including phenoxy) is 1. The molecule has 0 fully saturated rings. The van der Waals surface area contributed by atoms with Gasteiger partial charge in [0.2, 0.25) is 0 Å². The number of rotatable bonds is 2. The van der Waals surface area contributed by atoms with Crippen LogP contribution in [0, 0.1) is 20.8 Å². The van der Waals surface area contributed by atoms with Gasteiger partial charge in [0.1, 0.15) is 5.75 Å². The van der Waals surface area contributed by atoms with E-state index in [0.29, 0.717) is 11.3 Å². The first kappa shape index (κ1) is 12.0. The molecule has 0 amide bonds. The van der Waals surface area contributed by atoms with E-state index in [0.717, 1.165) is 18.1 Å². The molecule has 0 N–H and O–H groups in total. The average Bonchev–Trinajstić information content (AvgIpc) is 2.10. The quantitative estimate of drug-likeness (QED) is 0.728. The van der Waals surface area contributed by atoms with Crippen LogP contribution in [0.15, 0.2) is 6.07 Å². The summed E-state index contributed by atoms with van der Waals surface area (Å²) in [5.74, 6) is -2.10. The third kappa shape index (κ3) is 2.11. The molecule has 0 saturated heterocycles. The molecule has 0 unspecified atom stereocenters. The molecule has 0 aliphatic carbocycles. The SMILES string of the molecule is COc1c(C)cc(C(C)(F)F)c(C)c1C. The molecule has 1 aromatic rings. The first-order valence-corrected chi connectivity index (χ1v) is 4.82. The lowest BCUT2D eigenvalue weighted by Crippen LogP contribution is -2.11. The van der Waals surface area contributed by atoms with Crippen LogP contribution in [0.2, 0.25) is 0 Å². The van der Waals surface area contributed by atoms with Gasteiger partial charge < -0.3 is 4.74 Å². The Morgan fingerprint density at radius 3 is 2.07 bits per heavy atom. The van der Waals surface area contributed by atoms with Gasteiger partial charge in [-0.25, -0.2) is 8.78 Å². The van der Waals surface area contributed by atoms with E-state index in [1.54, 1.807) is 27.9 Å². The molecule has 0 spiro atoms. The summed E-state index contributed by atoms with van der Waals surface area (Å²) in [5.41, 5.74) is 2.22. The molecule has 0 aliphatic heterocycles. The van der Waals surface area contributed by atoms with Crippen LogP contribution in [0.5, 0.6) is 5.75 Å². The van der Waals surface area contributed by atoms with Gasteiger partial charge in [-0.3, -0.25) is 0 Å². The second-order valence-electron chi connectivity index (χ2n) is 3.91. The molecule has 84 valence electrons. The van der Waals surface area contributed by atoms with Gasteiger partial charge in [-0.15, -0.1) is 0 Å². The van der Waals surface area contributed by atoms with Gasteiger partial charge in [0.05, 0.1) is 7.11 Å². The van der Waals surface area contributed by atoms with E-state index in [1.165, 1.54) is 6.07 Å². The topological polar surface area (TPSA) is 9.23 Å². The minimum Gasteiger partial charge on any atom is -0.496 e. The third-order valence-corrected chi connectivity index (χ3v) is 2.70. The fraction of sp³-hybridized carbons (Fsp3) is 0.500. The molecule has 1 aromatic carbocycles. The van der Waals surface area contributed by atoms with Crippen molar-refractivity contribution >= 4 is 0 Å². The Hall–Kier alpha value is -1.12. The highest BCUT2D eigenvalue weighted by Crippen LogP contribution is 2.36. The van der Waals surface area contributed by atoms with Gasteiger partial charge in [0.25, 0.3) is 5.92 Å². The first-order chi connectivity index (χ1) is 6.79.